The van der Waals surface area contributed by atoms with Gasteiger partial charge in [-0.3, -0.25) is 19.6 Å². The summed E-state index contributed by atoms with van der Waals surface area (Å²) in [5.41, 5.74) is 0.108. The summed E-state index contributed by atoms with van der Waals surface area (Å²) < 4.78 is 1.36. The van der Waals surface area contributed by atoms with Gasteiger partial charge in [0.25, 0.3) is 0 Å². The van der Waals surface area contributed by atoms with Crippen molar-refractivity contribution >= 4 is 11.6 Å². The summed E-state index contributed by atoms with van der Waals surface area (Å²) >= 11 is 0. The fraction of sp³-hybridized carbons (Fsp3) is 0.750. The van der Waals surface area contributed by atoms with Crippen molar-refractivity contribution < 1.29 is 9.72 Å². The molecule has 1 fully saturated rings. The average Bonchev–Trinajstić information content (AvgIpc) is 2.76. The van der Waals surface area contributed by atoms with E-state index in [-0.39, 0.29) is 28.7 Å². The van der Waals surface area contributed by atoms with Crippen LogP contribution in [0, 0.1) is 17.0 Å². The van der Waals surface area contributed by atoms with Gasteiger partial charge in [-0.05, 0) is 54.4 Å². The number of carbonyl (C=O) groups excluding carboxylic acids is 1. The van der Waals surface area contributed by atoms with Crippen LogP contribution in [0.15, 0.2) is 6.20 Å². The second kappa shape index (κ2) is 6.16. The molecule has 0 bridgehead atoms. The maximum atomic E-state index is 12.6. The Kier molecular flexibility index (Phi) is 4.72. The number of hydrogen-bond acceptors (Lipinski definition) is 5. The first kappa shape index (κ1) is 18.4. The number of rotatable bonds is 4. The first-order valence-electron chi connectivity index (χ1n) is 8.20. The molecule has 8 heteroatoms. The molecule has 1 saturated heterocycles. The summed E-state index contributed by atoms with van der Waals surface area (Å²) in [4.78, 5) is 23.0. The number of amides is 1. The highest BCUT2D eigenvalue weighted by molar-refractivity contribution is 5.80. The van der Waals surface area contributed by atoms with Gasteiger partial charge in [-0.25, -0.2) is 0 Å². The van der Waals surface area contributed by atoms with Gasteiger partial charge in [0.1, 0.15) is 17.9 Å². The molecule has 0 spiro atoms. The minimum Gasteiger partial charge on any atom is -0.351 e. The number of nitrogens with zero attached hydrogens (tertiary/aromatic N) is 3. The summed E-state index contributed by atoms with van der Waals surface area (Å²) in [5, 5.41) is 21.7. The molecule has 0 radical (unpaired) electrons. The molecule has 24 heavy (non-hydrogen) atoms. The number of aromatic nitrogens is 2. The Morgan fingerprint density at radius 1 is 1.42 bits per heavy atom. The van der Waals surface area contributed by atoms with Gasteiger partial charge in [0.15, 0.2) is 0 Å². The van der Waals surface area contributed by atoms with Crippen molar-refractivity contribution in [2.24, 2.45) is 0 Å². The first-order valence-corrected chi connectivity index (χ1v) is 8.20. The van der Waals surface area contributed by atoms with Crippen molar-refractivity contribution in [3.8, 4) is 0 Å². The van der Waals surface area contributed by atoms with Crippen molar-refractivity contribution in [3.63, 3.8) is 0 Å². The van der Waals surface area contributed by atoms with Crippen molar-refractivity contribution in [1.29, 1.82) is 0 Å². The molecule has 1 aliphatic heterocycles. The molecule has 1 atom stereocenters. The van der Waals surface area contributed by atoms with Crippen molar-refractivity contribution in [2.75, 3.05) is 0 Å². The van der Waals surface area contributed by atoms with Crippen LogP contribution in [0.3, 0.4) is 0 Å². The SMILES string of the molecule is Cc1nn(C(C)C(=O)NC2CC(C)(C)NC(C)(C)C2)cc1[N+](=O)[O-]. The van der Waals surface area contributed by atoms with E-state index >= 15 is 0 Å². The summed E-state index contributed by atoms with van der Waals surface area (Å²) in [5.74, 6) is -0.175. The molecule has 1 aromatic heterocycles. The molecular weight excluding hydrogens is 310 g/mol. The molecule has 1 aliphatic rings. The molecule has 2 heterocycles. The number of aryl methyl sites for hydroxylation is 1. The van der Waals surface area contributed by atoms with E-state index in [1.165, 1.54) is 10.9 Å². The Bertz CT molecular complexity index is 634. The molecule has 8 nitrogen and oxygen atoms in total. The van der Waals surface area contributed by atoms with Crippen LogP contribution in [0.2, 0.25) is 0 Å². The summed E-state index contributed by atoms with van der Waals surface area (Å²) in [7, 11) is 0. The van der Waals surface area contributed by atoms with Gasteiger partial charge in [0.2, 0.25) is 5.91 Å². The van der Waals surface area contributed by atoms with Gasteiger partial charge in [0, 0.05) is 17.1 Å². The van der Waals surface area contributed by atoms with Crippen molar-refractivity contribution in [1.82, 2.24) is 20.4 Å². The van der Waals surface area contributed by atoms with E-state index in [1.54, 1.807) is 13.8 Å². The summed E-state index contributed by atoms with van der Waals surface area (Å²) in [6.07, 6.45) is 2.97. The lowest BCUT2D eigenvalue weighted by atomic mass is 9.79. The second-order valence-electron chi connectivity index (χ2n) is 8.02. The number of hydrogen-bond donors (Lipinski definition) is 2. The molecule has 134 valence electrons. The predicted molar refractivity (Wildman–Crippen MR) is 90.8 cm³/mol. The first-order chi connectivity index (χ1) is 10.9. The van der Waals surface area contributed by atoms with Crippen molar-refractivity contribution in [2.45, 2.75) is 77.5 Å². The molecule has 0 aromatic carbocycles. The third kappa shape index (κ3) is 4.11. The van der Waals surface area contributed by atoms with E-state index in [2.05, 4.69) is 43.4 Å². The van der Waals surface area contributed by atoms with Gasteiger partial charge in [-0.15, -0.1) is 0 Å². The molecule has 1 amide bonds. The fourth-order valence-corrected chi connectivity index (χ4v) is 3.72. The van der Waals surface area contributed by atoms with E-state index in [0.717, 1.165) is 12.8 Å². The maximum absolute atomic E-state index is 12.6. The lowest BCUT2D eigenvalue weighted by Gasteiger charge is -2.46. The summed E-state index contributed by atoms with van der Waals surface area (Å²) in [6, 6.07) is -0.545. The minimum atomic E-state index is -0.599. The van der Waals surface area contributed by atoms with E-state index in [4.69, 9.17) is 0 Å². The molecule has 2 N–H and O–H groups in total. The highest BCUT2D eigenvalue weighted by Gasteiger charge is 2.38. The molecule has 2 rings (SSSR count). The summed E-state index contributed by atoms with van der Waals surface area (Å²) in [6.45, 7) is 11.8. The van der Waals surface area contributed by atoms with Crippen LogP contribution in [-0.4, -0.2) is 37.7 Å². The Hall–Kier alpha value is -1.96. The maximum Gasteiger partial charge on any atom is 0.309 e. The van der Waals surface area contributed by atoms with Crippen LogP contribution in [0.4, 0.5) is 5.69 Å². The Morgan fingerprint density at radius 2 is 1.96 bits per heavy atom. The Morgan fingerprint density at radius 3 is 2.42 bits per heavy atom. The molecular formula is C16H27N5O3. The standard InChI is InChI=1S/C16H27N5O3/c1-10-13(21(23)24)9-20(18-10)11(2)14(22)17-12-7-15(3,4)19-16(5,6)8-12/h9,11-12,19H,7-8H2,1-6H3,(H,17,22). The van der Waals surface area contributed by atoms with Gasteiger partial charge in [-0.2, -0.15) is 5.10 Å². The van der Waals surface area contributed by atoms with Crippen LogP contribution < -0.4 is 10.6 Å². The molecule has 1 aromatic rings. The number of nitrogens with one attached hydrogen (secondary N) is 2. The zero-order chi connectivity index (χ0) is 18.3. The number of piperidine rings is 1. The van der Waals surface area contributed by atoms with Crippen LogP contribution in [-0.2, 0) is 4.79 Å². The normalized spacial score (nSPS) is 21.2. The molecule has 0 aliphatic carbocycles. The fourth-order valence-electron chi connectivity index (χ4n) is 3.72. The third-order valence-electron chi connectivity index (χ3n) is 4.40. The highest BCUT2D eigenvalue weighted by atomic mass is 16.6. The largest absolute Gasteiger partial charge is 0.351 e. The van der Waals surface area contributed by atoms with E-state index < -0.39 is 11.0 Å². The van der Waals surface area contributed by atoms with Gasteiger partial charge in [0.05, 0.1) is 4.92 Å². The van der Waals surface area contributed by atoms with Gasteiger partial charge < -0.3 is 10.6 Å². The Labute approximate surface area is 142 Å². The highest BCUT2D eigenvalue weighted by Crippen LogP contribution is 2.29. The lowest BCUT2D eigenvalue weighted by molar-refractivity contribution is -0.385. The van der Waals surface area contributed by atoms with Crippen LogP contribution in [0.5, 0.6) is 0 Å². The Balaban J connectivity index is 2.09. The minimum absolute atomic E-state index is 0.0536. The van der Waals surface area contributed by atoms with Crippen LogP contribution in [0.25, 0.3) is 0 Å². The van der Waals surface area contributed by atoms with Crippen molar-refractivity contribution in [3.05, 3.63) is 22.0 Å². The average molecular weight is 337 g/mol. The number of carbonyl (C=O) groups is 1. The zero-order valence-electron chi connectivity index (χ0n) is 15.2. The van der Waals surface area contributed by atoms with Crippen LogP contribution in [0.1, 0.15) is 59.2 Å². The predicted octanol–water partition coefficient (Wildman–Crippen LogP) is 2.09. The third-order valence-corrected chi connectivity index (χ3v) is 4.40. The van der Waals surface area contributed by atoms with E-state index in [9.17, 15) is 14.9 Å². The lowest BCUT2D eigenvalue weighted by Crippen LogP contribution is -2.62. The molecule has 0 saturated carbocycles. The second-order valence-corrected chi connectivity index (χ2v) is 8.02. The smallest absolute Gasteiger partial charge is 0.309 e. The number of nitro groups is 1. The van der Waals surface area contributed by atoms with Gasteiger partial charge in [-0.1, -0.05) is 0 Å². The monoisotopic (exact) mass is 337 g/mol. The van der Waals surface area contributed by atoms with E-state index in [1.807, 2.05) is 0 Å². The topological polar surface area (TPSA) is 102 Å². The van der Waals surface area contributed by atoms with E-state index in [0.29, 0.717) is 5.69 Å². The van der Waals surface area contributed by atoms with Gasteiger partial charge >= 0.3 is 5.69 Å². The molecule has 1 unspecified atom stereocenters. The quantitative estimate of drug-likeness (QED) is 0.647. The zero-order valence-corrected chi connectivity index (χ0v) is 15.2. The van der Waals surface area contributed by atoms with Crippen LogP contribution >= 0.6 is 0 Å².